The van der Waals surface area contributed by atoms with Crippen molar-refractivity contribution < 1.29 is 41.0 Å². The van der Waals surface area contributed by atoms with Gasteiger partial charge in [-0.25, -0.2) is 9.98 Å². The Kier molecular flexibility index (Phi) is 4.74. The van der Waals surface area contributed by atoms with Crippen LogP contribution in [0.15, 0.2) is 46.8 Å². The van der Waals surface area contributed by atoms with Crippen molar-refractivity contribution in [2.24, 2.45) is 4.99 Å². The number of fused-ring (bicyclic) bond motifs is 2. The van der Waals surface area contributed by atoms with Crippen molar-refractivity contribution in [1.82, 2.24) is 10.3 Å². The van der Waals surface area contributed by atoms with Crippen LogP contribution in [0.4, 0.5) is 27.6 Å². The average Bonchev–Trinajstić information content (AvgIpc) is 3.39. The number of nitrogens with zero attached hydrogens (tertiary/aromatic N) is 2. The number of aromatic nitrogens is 1. The number of benzene rings is 2. The quantitative estimate of drug-likeness (QED) is 0.528. The van der Waals surface area contributed by atoms with Gasteiger partial charge in [0, 0.05) is 23.4 Å². The lowest BCUT2D eigenvalue weighted by atomic mass is 10.1. The molecular formula is C20H10F5N3O4S. The number of halogens is 5. The molecule has 0 saturated carbocycles. The Morgan fingerprint density at radius 2 is 1.91 bits per heavy atom. The van der Waals surface area contributed by atoms with E-state index in [2.05, 4.69) is 29.5 Å². The predicted octanol–water partition coefficient (Wildman–Crippen LogP) is 5.05. The van der Waals surface area contributed by atoms with Gasteiger partial charge in [0.15, 0.2) is 11.5 Å². The lowest BCUT2D eigenvalue weighted by Crippen LogP contribution is -2.30. The minimum atomic E-state index is -4.83. The fraction of sp³-hybridized carbons (Fsp3) is 0.150. The van der Waals surface area contributed by atoms with E-state index >= 15 is 0 Å². The second-order valence-corrected chi connectivity index (χ2v) is 7.76. The van der Waals surface area contributed by atoms with Gasteiger partial charge in [0.05, 0.1) is 5.69 Å². The third-order valence-electron chi connectivity index (χ3n) is 4.53. The summed E-state index contributed by atoms with van der Waals surface area (Å²) in [6.45, 7) is 0. The Morgan fingerprint density at radius 3 is 2.67 bits per heavy atom. The summed E-state index contributed by atoms with van der Waals surface area (Å²) in [4.78, 5) is 20.9. The fourth-order valence-electron chi connectivity index (χ4n) is 3.24. The van der Waals surface area contributed by atoms with E-state index in [9.17, 15) is 26.7 Å². The van der Waals surface area contributed by atoms with Crippen molar-refractivity contribution >= 4 is 28.8 Å². The average molecular weight is 483 g/mol. The van der Waals surface area contributed by atoms with Crippen LogP contribution in [0.1, 0.15) is 16.1 Å². The zero-order chi connectivity index (χ0) is 23.4. The lowest BCUT2D eigenvalue weighted by Gasteiger charge is -2.09. The molecule has 0 aliphatic carbocycles. The molecule has 3 heterocycles. The molecule has 170 valence electrons. The third kappa shape index (κ3) is 4.44. The molecule has 0 spiro atoms. The Bertz CT molecular complexity index is 1310. The molecule has 0 fully saturated rings. The fourth-order valence-corrected chi connectivity index (χ4v) is 4.04. The number of rotatable bonds is 3. The van der Waals surface area contributed by atoms with Crippen LogP contribution < -0.4 is 19.5 Å². The van der Waals surface area contributed by atoms with E-state index in [1.807, 2.05) is 0 Å². The molecule has 2 aliphatic rings. The monoisotopic (exact) mass is 483 g/mol. The molecule has 1 amide bonds. The van der Waals surface area contributed by atoms with E-state index in [-0.39, 0.29) is 29.4 Å². The maximum Gasteiger partial charge on any atom is 0.586 e. The number of aliphatic imine (C=N–C) groups is 1. The van der Waals surface area contributed by atoms with E-state index in [0.29, 0.717) is 21.8 Å². The van der Waals surface area contributed by atoms with Crippen molar-refractivity contribution in [2.45, 2.75) is 19.1 Å². The van der Waals surface area contributed by atoms with Crippen molar-refractivity contribution in [3.05, 3.63) is 53.0 Å². The van der Waals surface area contributed by atoms with Crippen LogP contribution >= 0.6 is 11.3 Å². The maximum atomic E-state index is 13.2. The van der Waals surface area contributed by atoms with Gasteiger partial charge in [0.1, 0.15) is 22.3 Å². The second-order valence-electron chi connectivity index (χ2n) is 6.90. The summed E-state index contributed by atoms with van der Waals surface area (Å²) >= 11 is 1.06. The molecule has 13 heteroatoms. The molecule has 0 saturated heterocycles. The number of carbonyl (C=O) groups excluding carboxylic acids is 1. The van der Waals surface area contributed by atoms with E-state index in [1.54, 1.807) is 0 Å². The highest BCUT2D eigenvalue weighted by Crippen LogP contribution is 2.45. The second kappa shape index (κ2) is 7.40. The molecule has 1 aromatic heterocycles. The number of amidine groups is 1. The highest BCUT2D eigenvalue weighted by Gasteiger charge is 2.44. The van der Waals surface area contributed by atoms with Crippen molar-refractivity contribution in [1.29, 1.82) is 0 Å². The Labute approximate surface area is 185 Å². The number of nitrogens with one attached hydrogen (secondary N) is 1. The van der Waals surface area contributed by atoms with E-state index in [0.717, 1.165) is 17.4 Å². The molecule has 7 nitrogen and oxygen atoms in total. The number of thiazole rings is 1. The Hall–Kier alpha value is -3.74. The molecule has 2 aromatic carbocycles. The molecule has 0 bridgehead atoms. The first kappa shape index (κ1) is 21.1. The summed E-state index contributed by atoms with van der Waals surface area (Å²) in [5.41, 5.74) is 1.29. The SMILES string of the molecule is O=C(NC1=Nc2cc3c(cc2C1)OC(F)(F)O3)c1csc(-c2cccc(OC(F)(F)F)c2)n1. The van der Waals surface area contributed by atoms with Crippen LogP contribution in [0.25, 0.3) is 10.6 Å². The normalized spacial score (nSPS) is 15.7. The molecular weight excluding hydrogens is 473 g/mol. The molecule has 2 aliphatic heterocycles. The first-order valence-electron chi connectivity index (χ1n) is 9.18. The van der Waals surface area contributed by atoms with Crippen LogP contribution in [0.5, 0.6) is 17.2 Å². The van der Waals surface area contributed by atoms with Crippen LogP contribution in [0.3, 0.4) is 0 Å². The smallest absolute Gasteiger partial charge is 0.406 e. The summed E-state index contributed by atoms with van der Waals surface area (Å²) < 4.78 is 76.4. The molecule has 1 N–H and O–H groups in total. The number of hydrogen-bond donors (Lipinski definition) is 1. The lowest BCUT2D eigenvalue weighted by molar-refractivity contribution is -0.286. The molecule has 5 rings (SSSR count). The van der Waals surface area contributed by atoms with Gasteiger partial charge < -0.3 is 19.5 Å². The molecule has 33 heavy (non-hydrogen) atoms. The number of ether oxygens (including phenoxy) is 3. The Morgan fingerprint density at radius 1 is 1.15 bits per heavy atom. The minimum absolute atomic E-state index is 0.0320. The highest BCUT2D eigenvalue weighted by atomic mass is 32.1. The molecule has 3 aromatic rings. The summed E-state index contributed by atoms with van der Waals surface area (Å²) in [6, 6.07) is 7.89. The topological polar surface area (TPSA) is 82.0 Å². The number of carbonyl (C=O) groups is 1. The van der Waals surface area contributed by atoms with E-state index in [4.69, 9.17) is 0 Å². The van der Waals surface area contributed by atoms with Gasteiger partial charge in [-0.1, -0.05) is 12.1 Å². The third-order valence-corrected chi connectivity index (χ3v) is 5.42. The van der Waals surface area contributed by atoms with Crippen molar-refractivity contribution in [2.75, 3.05) is 0 Å². The maximum absolute atomic E-state index is 13.2. The van der Waals surface area contributed by atoms with Gasteiger partial charge in [-0.15, -0.1) is 33.3 Å². The summed E-state index contributed by atoms with van der Waals surface area (Å²) in [5, 5.41) is 4.36. The number of hydrogen-bond acceptors (Lipinski definition) is 7. The van der Waals surface area contributed by atoms with E-state index < -0.39 is 24.3 Å². The summed E-state index contributed by atoms with van der Waals surface area (Å²) in [5.74, 6) is -1.01. The molecule has 0 atom stereocenters. The largest absolute Gasteiger partial charge is 0.586 e. The van der Waals surface area contributed by atoms with Gasteiger partial charge >= 0.3 is 12.7 Å². The first-order chi connectivity index (χ1) is 15.5. The number of alkyl halides is 5. The standard InChI is InChI=1S/C20H10F5N3O4S/c21-19(22,23)30-11-3-1-2-9(4-11)18-27-13(8-33-18)17(29)28-16-6-10-5-14-15(7-12(10)26-16)32-20(24,25)31-14/h1-5,7-8H,6H2,(H,26,28,29). The van der Waals surface area contributed by atoms with Crippen LogP contribution in [-0.2, 0) is 6.42 Å². The molecule has 0 radical (unpaired) electrons. The first-order valence-corrected chi connectivity index (χ1v) is 10.1. The zero-order valence-corrected chi connectivity index (χ0v) is 16.9. The summed E-state index contributed by atoms with van der Waals surface area (Å²) in [6.07, 6.45) is -8.40. The van der Waals surface area contributed by atoms with Crippen LogP contribution in [-0.4, -0.2) is 29.4 Å². The Balaban J connectivity index is 1.29. The van der Waals surface area contributed by atoms with Gasteiger partial charge in [-0.05, 0) is 23.8 Å². The van der Waals surface area contributed by atoms with Gasteiger partial charge in [0.2, 0.25) is 0 Å². The molecule has 0 unspecified atom stereocenters. The van der Waals surface area contributed by atoms with Crippen LogP contribution in [0.2, 0.25) is 0 Å². The highest BCUT2D eigenvalue weighted by molar-refractivity contribution is 7.13. The number of amides is 1. The van der Waals surface area contributed by atoms with Gasteiger partial charge in [0.25, 0.3) is 5.91 Å². The predicted molar refractivity (Wildman–Crippen MR) is 105 cm³/mol. The minimum Gasteiger partial charge on any atom is -0.406 e. The van der Waals surface area contributed by atoms with Gasteiger partial charge in [-0.2, -0.15) is 0 Å². The van der Waals surface area contributed by atoms with E-state index in [1.165, 1.54) is 35.7 Å². The van der Waals surface area contributed by atoms with Gasteiger partial charge in [-0.3, -0.25) is 4.79 Å². The van der Waals surface area contributed by atoms with Crippen molar-refractivity contribution in [3.63, 3.8) is 0 Å². The van der Waals surface area contributed by atoms with Crippen molar-refractivity contribution in [3.8, 4) is 27.8 Å². The van der Waals surface area contributed by atoms with Crippen LogP contribution in [0, 0.1) is 0 Å². The summed E-state index contributed by atoms with van der Waals surface area (Å²) in [7, 11) is 0. The zero-order valence-electron chi connectivity index (χ0n) is 16.1.